The fourth-order valence-corrected chi connectivity index (χ4v) is 3.11. The molecule has 0 fully saturated rings. The van der Waals surface area contributed by atoms with E-state index in [-0.39, 0.29) is 5.56 Å². The molecule has 1 aromatic carbocycles. The number of hydrogen-bond donors (Lipinski definition) is 0. The minimum Gasteiger partial charge on any atom is -0.365 e. The maximum absolute atomic E-state index is 12.3. The molecule has 0 radical (unpaired) electrons. The average Bonchev–Trinajstić information content (AvgIpc) is 2.92. The van der Waals surface area contributed by atoms with E-state index in [0.717, 1.165) is 24.2 Å². The van der Waals surface area contributed by atoms with Crippen molar-refractivity contribution in [1.82, 2.24) is 9.38 Å². The molecule has 1 aliphatic heterocycles. The van der Waals surface area contributed by atoms with Crippen molar-refractivity contribution in [2.24, 2.45) is 0 Å². The minimum absolute atomic E-state index is 0.0174. The van der Waals surface area contributed by atoms with E-state index >= 15 is 0 Å². The smallest absolute Gasteiger partial charge is 0.258 e. The molecule has 110 valence electrons. The van der Waals surface area contributed by atoms with Gasteiger partial charge in [0.2, 0.25) is 0 Å². The number of aryl methyl sites for hydroxylation is 1. The molecule has 4 heteroatoms. The Bertz CT molecular complexity index is 914. The number of aromatic nitrogens is 2. The van der Waals surface area contributed by atoms with Gasteiger partial charge >= 0.3 is 0 Å². The van der Waals surface area contributed by atoms with Crippen LogP contribution in [0, 0.1) is 6.92 Å². The van der Waals surface area contributed by atoms with Crippen molar-refractivity contribution in [1.29, 1.82) is 0 Å². The molecule has 0 saturated carbocycles. The molecule has 0 bridgehead atoms. The van der Waals surface area contributed by atoms with E-state index in [0.29, 0.717) is 12.2 Å². The molecule has 3 aromatic rings. The third-order valence-electron chi connectivity index (χ3n) is 4.20. The number of pyridine rings is 1. The standard InChI is InChI=1S/C18H17N3O/c1-13-6-7-17-19-15(10-18(22)21(17)11-13)12-20-9-8-14-4-2-3-5-16(14)20/h2-7,10-11H,8-9,12H2,1H3. The van der Waals surface area contributed by atoms with Crippen molar-refractivity contribution in [3.05, 3.63) is 75.8 Å². The van der Waals surface area contributed by atoms with Crippen LogP contribution in [0.3, 0.4) is 0 Å². The first-order valence-electron chi connectivity index (χ1n) is 7.52. The summed E-state index contributed by atoms with van der Waals surface area (Å²) in [5.74, 6) is 0. The van der Waals surface area contributed by atoms with Gasteiger partial charge in [0, 0.05) is 24.5 Å². The topological polar surface area (TPSA) is 37.6 Å². The molecule has 4 rings (SSSR count). The van der Waals surface area contributed by atoms with E-state index in [1.54, 1.807) is 10.5 Å². The fraction of sp³-hybridized carbons (Fsp3) is 0.222. The molecule has 1 aliphatic rings. The number of anilines is 1. The highest BCUT2D eigenvalue weighted by Gasteiger charge is 2.19. The monoisotopic (exact) mass is 291 g/mol. The summed E-state index contributed by atoms with van der Waals surface area (Å²) >= 11 is 0. The third kappa shape index (κ3) is 2.17. The minimum atomic E-state index is -0.0174. The van der Waals surface area contributed by atoms with E-state index in [4.69, 9.17) is 0 Å². The summed E-state index contributed by atoms with van der Waals surface area (Å²) in [6.45, 7) is 3.63. The van der Waals surface area contributed by atoms with Gasteiger partial charge in [-0.3, -0.25) is 9.20 Å². The van der Waals surface area contributed by atoms with Crippen LogP contribution in [0.5, 0.6) is 0 Å². The van der Waals surface area contributed by atoms with E-state index < -0.39 is 0 Å². The van der Waals surface area contributed by atoms with Crippen LogP contribution in [-0.4, -0.2) is 15.9 Å². The first kappa shape index (κ1) is 13.1. The second-order valence-electron chi connectivity index (χ2n) is 5.82. The molecule has 0 aliphatic carbocycles. The van der Waals surface area contributed by atoms with Gasteiger partial charge in [0.15, 0.2) is 0 Å². The zero-order valence-electron chi connectivity index (χ0n) is 12.5. The van der Waals surface area contributed by atoms with Crippen molar-refractivity contribution in [2.45, 2.75) is 19.9 Å². The molecule has 0 atom stereocenters. The molecule has 0 unspecified atom stereocenters. The number of nitrogens with zero attached hydrogens (tertiary/aromatic N) is 3. The van der Waals surface area contributed by atoms with Crippen LogP contribution >= 0.6 is 0 Å². The van der Waals surface area contributed by atoms with Gasteiger partial charge in [0.25, 0.3) is 5.56 Å². The first-order chi connectivity index (χ1) is 10.7. The molecule has 22 heavy (non-hydrogen) atoms. The number of benzene rings is 1. The number of fused-ring (bicyclic) bond motifs is 2. The normalized spacial score (nSPS) is 13.6. The van der Waals surface area contributed by atoms with Gasteiger partial charge in [0.1, 0.15) is 5.65 Å². The third-order valence-corrected chi connectivity index (χ3v) is 4.20. The summed E-state index contributed by atoms with van der Waals surface area (Å²) in [6, 6.07) is 14.0. The summed E-state index contributed by atoms with van der Waals surface area (Å²) in [5.41, 5.74) is 5.20. The van der Waals surface area contributed by atoms with Crippen LogP contribution in [0.15, 0.2) is 53.5 Å². The lowest BCUT2D eigenvalue weighted by molar-refractivity contribution is 0.808. The Balaban J connectivity index is 1.71. The quantitative estimate of drug-likeness (QED) is 0.728. The van der Waals surface area contributed by atoms with Crippen LogP contribution in [-0.2, 0) is 13.0 Å². The van der Waals surface area contributed by atoms with Gasteiger partial charge in [-0.05, 0) is 36.6 Å². The van der Waals surface area contributed by atoms with Crippen LogP contribution in [0.1, 0.15) is 16.8 Å². The predicted molar refractivity (Wildman–Crippen MR) is 87.4 cm³/mol. The second-order valence-corrected chi connectivity index (χ2v) is 5.82. The number of rotatable bonds is 2. The summed E-state index contributed by atoms with van der Waals surface area (Å²) in [6.07, 6.45) is 2.89. The van der Waals surface area contributed by atoms with Gasteiger partial charge in [-0.25, -0.2) is 4.98 Å². The largest absolute Gasteiger partial charge is 0.365 e. The highest BCUT2D eigenvalue weighted by atomic mass is 16.1. The fourth-order valence-electron chi connectivity index (χ4n) is 3.11. The average molecular weight is 291 g/mol. The molecule has 4 nitrogen and oxygen atoms in total. The van der Waals surface area contributed by atoms with Gasteiger partial charge in [0.05, 0.1) is 12.2 Å². The van der Waals surface area contributed by atoms with Crippen LogP contribution < -0.4 is 10.5 Å². The van der Waals surface area contributed by atoms with Crippen LogP contribution in [0.2, 0.25) is 0 Å². The molecular weight excluding hydrogens is 274 g/mol. The Kier molecular flexibility index (Phi) is 2.96. The van der Waals surface area contributed by atoms with Crippen molar-refractivity contribution >= 4 is 11.3 Å². The zero-order valence-corrected chi connectivity index (χ0v) is 12.5. The maximum Gasteiger partial charge on any atom is 0.258 e. The molecule has 3 heterocycles. The summed E-state index contributed by atoms with van der Waals surface area (Å²) in [7, 11) is 0. The predicted octanol–water partition coefficient (Wildman–Crippen LogP) is 2.57. The molecule has 0 N–H and O–H groups in total. The van der Waals surface area contributed by atoms with Gasteiger partial charge in [-0.15, -0.1) is 0 Å². The Labute approximate surface area is 128 Å². The van der Waals surface area contributed by atoms with Crippen LogP contribution in [0.4, 0.5) is 5.69 Å². The number of hydrogen-bond acceptors (Lipinski definition) is 3. The van der Waals surface area contributed by atoms with Gasteiger partial charge in [-0.1, -0.05) is 24.3 Å². The number of para-hydroxylation sites is 1. The summed E-state index contributed by atoms with van der Waals surface area (Å²) < 4.78 is 1.61. The highest BCUT2D eigenvalue weighted by Crippen LogP contribution is 2.28. The van der Waals surface area contributed by atoms with E-state index in [2.05, 4.69) is 34.1 Å². The Morgan fingerprint density at radius 2 is 2.05 bits per heavy atom. The van der Waals surface area contributed by atoms with Crippen molar-refractivity contribution in [3.8, 4) is 0 Å². The second kappa shape index (κ2) is 4.98. The Morgan fingerprint density at radius 3 is 2.95 bits per heavy atom. The molecule has 2 aromatic heterocycles. The van der Waals surface area contributed by atoms with E-state index in [9.17, 15) is 4.79 Å². The lowest BCUT2D eigenvalue weighted by atomic mass is 10.2. The first-order valence-corrected chi connectivity index (χ1v) is 7.52. The Hall–Kier alpha value is -2.62. The molecular formula is C18H17N3O. The van der Waals surface area contributed by atoms with Gasteiger partial charge < -0.3 is 4.90 Å². The van der Waals surface area contributed by atoms with Gasteiger partial charge in [-0.2, -0.15) is 0 Å². The zero-order chi connectivity index (χ0) is 15.1. The molecule has 0 saturated heterocycles. The lowest BCUT2D eigenvalue weighted by Crippen LogP contribution is -2.23. The summed E-state index contributed by atoms with van der Waals surface area (Å²) in [4.78, 5) is 19.2. The van der Waals surface area contributed by atoms with Crippen molar-refractivity contribution < 1.29 is 0 Å². The molecule has 0 amide bonds. The van der Waals surface area contributed by atoms with E-state index in [1.807, 2.05) is 25.3 Å². The van der Waals surface area contributed by atoms with Crippen LogP contribution in [0.25, 0.3) is 5.65 Å². The Morgan fingerprint density at radius 1 is 1.18 bits per heavy atom. The van der Waals surface area contributed by atoms with E-state index in [1.165, 1.54) is 11.3 Å². The van der Waals surface area contributed by atoms with Crippen molar-refractivity contribution in [3.63, 3.8) is 0 Å². The lowest BCUT2D eigenvalue weighted by Gasteiger charge is -2.19. The SMILES string of the molecule is Cc1ccc2nc(CN3CCc4ccccc43)cc(=O)n2c1. The molecule has 0 spiro atoms. The maximum atomic E-state index is 12.3. The highest BCUT2D eigenvalue weighted by molar-refractivity contribution is 5.58. The van der Waals surface area contributed by atoms with Crippen molar-refractivity contribution in [2.75, 3.05) is 11.4 Å². The summed E-state index contributed by atoms with van der Waals surface area (Å²) in [5, 5.41) is 0.